The van der Waals surface area contributed by atoms with Gasteiger partial charge in [0, 0.05) is 23.2 Å². The van der Waals surface area contributed by atoms with Crippen LogP contribution in [0.15, 0.2) is 58.9 Å². The first kappa shape index (κ1) is 28.4. The normalized spacial score (nSPS) is 12.2. The molecule has 7 heteroatoms. The Morgan fingerprint density at radius 3 is 2.17 bits per heavy atom. The first-order chi connectivity index (χ1) is 15.9. The summed E-state index contributed by atoms with van der Waals surface area (Å²) >= 11 is 1.56. The number of halogens is 1. The number of aliphatic imine (C=N–C) groups is 1. The number of phenols is 1. The van der Waals surface area contributed by atoms with E-state index in [-0.39, 0.29) is 34.9 Å². The van der Waals surface area contributed by atoms with Crippen LogP contribution < -0.4 is 11.1 Å². The van der Waals surface area contributed by atoms with Crippen molar-refractivity contribution >= 4 is 41.2 Å². The number of carbonyl (C=O) groups excluding carboxylic acids is 1. The molecule has 0 spiro atoms. The molecule has 188 valence electrons. The Hall–Kier alpha value is -2.83. The Morgan fingerprint density at radius 1 is 1.00 bits per heavy atom. The summed E-state index contributed by atoms with van der Waals surface area (Å²) in [5, 5.41) is 15.9. The van der Waals surface area contributed by atoms with Crippen LogP contribution in [0.4, 0.5) is 5.69 Å². The van der Waals surface area contributed by atoms with Gasteiger partial charge in [0.2, 0.25) is 0 Å². The summed E-state index contributed by atoms with van der Waals surface area (Å²) in [5.41, 5.74) is 9.51. The standard InChI is InChI=1S/C28H35N3O2S.ClH/c1-27(2,3)21-16-19(17-22(24(21)32)28(4,5)6)26(33)30-13-12-18-9-7-10-20(15-18)31-25(29)23-11-8-14-34-23;/h7-11,14-17,32H,12-13H2,1-6H3,(H2,29,31)(H,30,33);1H. The minimum absolute atomic E-state index is 0. The second-order valence-electron chi connectivity index (χ2n) is 10.6. The molecule has 1 amide bonds. The summed E-state index contributed by atoms with van der Waals surface area (Å²) in [6, 6.07) is 15.4. The zero-order chi connectivity index (χ0) is 25.1. The number of carbonyl (C=O) groups is 1. The molecule has 5 nitrogen and oxygen atoms in total. The summed E-state index contributed by atoms with van der Waals surface area (Å²) in [4.78, 5) is 18.5. The number of hydrogen-bond acceptors (Lipinski definition) is 4. The Labute approximate surface area is 218 Å². The van der Waals surface area contributed by atoms with Crippen molar-refractivity contribution in [2.45, 2.75) is 58.8 Å². The smallest absolute Gasteiger partial charge is 0.251 e. The number of nitrogens with zero attached hydrogens (tertiary/aromatic N) is 1. The van der Waals surface area contributed by atoms with E-state index in [0.29, 0.717) is 24.4 Å². The van der Waals surface area contributed by atoms with Gasteiger partial charge in [-0.3, -0.25) is 4.79 Å². The molecule has 0 saturated heterocycles. The summed E-state index contributed by atoms with van der Waals surface area (Å²) in [6.07, 6.45) is 0.671. The van der Waals surface area contributed by atoms with E-state index in [9.17, 15) is 9.90 Å². The van der Waals surface area contributed by atoms with Crippen molar-refractivity contribution < 1.29 is 9.90 Å². The van der Waals surface area contributed by atoms with Crippen LogP contribution >= 0.6 is 23.7 Å². The first-order valence-electron chi connectivity index (χ1n) is 11.5. The number of thiophene rings is 1. The Morgan fingerprint density at radius 2 is 1.63 bits per heavy atom. The van der Waals surface area contributed by atoms with Crippen molar-refractivity contribution in [2.75, 3.05) is 6.54 Å². The molecule has 1 aromatic heterocycles. The fourth-order valence-corrected chi connectivity index (χ4v) is 4.36. The summed E-state index contributed by atoms with van der Waals surface area (Å²) in [7, 11) is 0. The van der Waals surface area contributed by atoms with E-state index >= 15 is 0 Å². The molecule has 0 atom stereocenters. The summed E-state index contributed by atoms with van der Waals surface area (Å²) < 4.78 is 0. The van der Waals surface area contributed by atoms with Crippen molar-refractivity contribution in [2.24, 2.45) is 10.7 Å². The van der Waals surface area contributed by atoms with Gasteiger partial charge in [0.15, 0.2) is 0 Å². The lowest BCUT2D eigenvalue weighted by atomic mass is 9.78. The highest BCUT2D eigenvalue weighted by atomic mass is 35.5. The van der Waals surface area contributed by atoms with Crippen LogP contribution in [0.1, 0.15) is 73.5 Å². The minimum atomic E-state index is -0.285. The number of nitrogens with two attached hydrogens (primary N) is 1. The van der Waals surface area contributed by atoms with Crippen molar-refractivity contribution in [3.63, 3.8) is 0 Å². The van der Waals surface area contributed by atoms with Gasteiger partial charge in [-0.15, -0.1) is 23.7 Å². The van der Waals surface area contributed by atoms with Crippen LogP contribution in [0.2, 0.25) is 0 Å². The van der Waals surface area contributed by atoms with Crippen molar-refractivity contribution in [3.8, 4) is 5.75 Å². The predicted octanol–water partition coefficient (Wildman–Crippen LogP) is 6.48. The van der Waals surface area contributed by atoms with Crippen LogP contribution in [0.5, 0.6) is 5.75 Å². The first-order valence-corrected chi connectivity index (χ1v) is 12.4. The Bertz CT molecular complexity index is 1150. The van der Waals surface area contributed by atoms with Gasteiger partial charge >= 0.3 is 0 Å². The number of aromatic hydroxyl groups is 1. The van der Waals surface area contributed by atoms with Crippen LogP contribution in [-0.4, -0.2) is 23.4 Å². The van der Waals surface area contributed by atoms with Crippen molar-refractivity contribution in [1.29, 1.82) is 0 Å². The third-order valence-electron chi connectivity index (χ3n) is 5.62. The average molecular weight is 514 g/mol. The Kier molecular flexibility index (Phi) is 9.15. The summed E-state index contributed by atoms with van der Waals surface area (Å²) in [6.45, 7) is 12.7. The van der Waals surface area contributed by atoms with Crippen molar-refractivity contribution in [1.82, 2.24) is 5.32 Å². The number of hydrogen-bond donors (Lipinski definition) is 3. The lowest BCUT2D eigenvalue weighted by molar-refractivity contribution is 0.0954. The van der Waals surface area contributed by atoms with E-state index in [1.54, 1.807) is 11.3 Å². The van der Waals surface area contributed by atoms with Crippen LogP contribution in [0.3, 0.4) is 0 Å². The molecule has 0 aliphatic rings. The van der Waals surface area contributed by atoms with E-state index in [1.807, 2.05) is 95.5 Å². The molecule has 0 aliphatic heterocycles. The lowest BCUT2D eigenvalue weighted by Gasteiger charge is -2.28. The average Bonchev–Trinajstić information content (AvgIpc) is 3.27. The maximum absolute atomic E-state index is 13.0. The van der Waals surface area contributed by atoms with Crippen LogP contribution in [-0.2, 0) is 17.3 Å². The fourth-order valence-electron chi connectivity index (χ4n) is 3.73. The molecular weight excluding hydrogens is 478 g/mol. The lowest BCUT2D eigenvalue weighted by Crippen LogP contribution is -2.27. The summed E-state index contributed by atoms with van der Waals surface area (Å²) in [5.74, 6) is 0.625. The largest absolute Gasteiger partial charge is 0.507 e. The molecular formula is C28H36ClN3O2S. The molecule has 0 fully saturated rings. The highest BCUT2D eigenvalue weighted by Crippen LogP contribution is 2.39. The number of rotatable bonds is 6. The molecule has 35 heavy (non-hydrogen) atoms. The van der Waals surface area contributed by atoms with Gasteiger partial charge < -0.3 is 16.2 Å². The second kappa shape index (κ2) is 11.3. The molecule has 0 bridgehead atoms. The highest BCUT2D eigenvalue weighted by Gasteiger charge is 2.27. The molecule has 3 aromatic rings. The third kappa shape index (κ3) is 7.33. The van der Waals surface area contributed by atoms with E-state index in [2.05, 4.69) is 10.3 Å². The van der Waals surface area contributed by atoms with Gasteiger partial charge in [-0.2, -0.15) is 0 Å². The molecule has 3 rings (SSSR count). The molecule has 1 heterocycles. The van der Waals surface area contributed by atoms with Gasteiger partial charge in [-0.05, 0) is 58.5 Å². The third-order valence-corrected chi connectivity index (χ3v) is 6.51. The van der Waals surface area contributed by atoms with E-state index in [0.717, 1.165) is 27.3 Å². The molecule has 0 aliphatic carbocycles. The van der Waals surface area contributed by atoms with Gasteiger partial charge in [-0.25, -0.2) is 4.99 Å². The Balaban J connectivity index is 0.00000432. The van der Waals surface area contributed by atoms with Gasteiger partial charge in [0.1, 0.15) is 11.6 Å². The minimum Gasteiger partial charge on any atom is -0.507 e. The zero-order valence-corrected chi connectivity index (χ0v) is 22.9. The molecule has 2 aromatic carbocycles. The highest BCUT2D eigenvalue weighted by molar-refractivity contribution is 7.12. The van der Waals surface area contributed by atoms with Crippen molar-refractivity contribution in [3.05, 3.63) is 81.0 Å². The quantitative estimate of drug-likeness (QED) is 0.260. The SMILES string of the molecule is CC(C)(C)c1cc(C(=O)NCCc2cccc(N=C(N)c3cccs3)c2)cc(C(C)(C)C)c1O.Cl. The van der Waals surface area contributed by atoms with Crippen LogP contribution in [0.25, 0.3) is 0 Å². The number of amidine groups is 1. The number of phenolic OH excluding ortho intramolecular Hbond substituents is 1. The number of nitrogens with one attached hydrogen (secondary N) is 1. The number of benzene rings is 2. The molecule has 4 N–H and O–H groups in total. The fraction of sp³-hybridized carbons (Fsp3) is 0.357. The van der Waals surface area contributed by atoms with E-state index < -0.39 is 0 Å². The van der Waals surface area contributed by atoms with Gasteiger partial charge in [0.05, 0.1) is 10.6 Å². The van der Waals surface area contributed by atoms with E-state index in [4.69, 9.17) is 5.73 Å². The zero-order valence-electron chi connectivity index (χ0n) is 21.3. The molecule has 0 saturated carbocycles. The maximum Gasteiger partial charge on any atom is 0.251 e. The molecule has 0 unspecified atom stereocenters. The monoisotopic (exact) mass is 513 g/mol. The topological polar surface area (TPSA) is 87.7 Å². The maximum atomic E-state index is 13.0. The van der Waals surface area contributed by atoms with Gasteiger partial charge in [-0.1, -0.05) is 59.7 Å². The number of amides is 1. The van der Waals surface area contributed by atoms with Crippen LogP contribution in [0, 0.1) is 0 Å². The second-order valence-corrected chi connectivity index (χ2v) is 11.5. The van der Waals surface area contributed by atoms with E-state index in [1.165, 1.54) is 0 Å². The van der Waals surface area contributed by atoms with Gasteiger partial charge in [0.25, 0.3) is 5.91 Å². The predicted molar refractivity (Wildman–Crippen MR) is 150 cm³/mol. The molecule has 0 radical (unpaired) electrons.